The zero-order valence-electron chi connectivity index (χ0n) is 42.6. The first-order valence-corrected chi connectivity index (χ1v) is 26.1. The highest BCUT2D eigenvalue weighted by molar-refractivity contribution is 6.21. The minimum atomic E-state index is -0.139. The van der Waals surface area contributed by atoms with E-state index < -0.39 is 0 Å². The molecule has 0 heteroatoms. The zero-order chi connectivity index (χ0) is 49.6. The van der Waals surface area contributed by atoms with Crippen LogP contribution in [0.25, 0.3) is 110 Å². The maximum absolute atomic E-state index is 2.48. The first-order valence-electron chi connectivity index (χ1n) is 26.1. The van der Waals surface area contributed by atoms with Crippen LogP contribution in [0.4, 0.5) is 0 Å². The van der Waals surface area contributed by atoms with Gasteiger partial charge >= 0.3 is 0 Å². The van der Waals surface area contributed by atoms with Crippen molar-refractivity contribution in [1.82, 2.24) is 0 Å². The van der Waals surface area contributed by atoms with Gasteiger partial charge in [-0.15, -0.1) is 0 Å². The Bertz CT molecular complexity index is 4040. The summed E-state index contributed by atoms with van der Waals surface area (Å²) < 4.78 is 0. The fourth-order valence-corrected chi connectivity index (χ4v) is 12.9. The molecule has 0 bridgehead atoms. The lowest BCUT2D eigenvalue weighted by atomic mass is 9.81. The van der Waals surface area contributed by atoms with E-state index in [1.807, 2.05) is 0 Å². The summed E-state index contributed by atoms with van der Waals surface area (Å²) in [7, 11) is 0. The van der Waals surface area contributed by atoms with E-state index >= 15 is 0 Å². The Hall–Kier alpha value is -8.32. The van der Waals surface area contributed by atoms with Gasteiger partial charge in [0, 0.05) is 10.8 Å². The van der Waals surface area contributed by atoms with Gasteiger partial charge in [0.15, 0.2) is 0 Å². The van der Waals surface area contributed by atoms with Crippen molar-refractivity contribution in [3.63, 3.8) is 0 Å². The molecule has 0 saturated carbocycles. The van der Waals surface area contributed by atoms with E-state index in [4.69, 9.17) is 0 Å². The van der Waals surface area contributed by atoms with Crippen molar-refractivity contribution >= 4 is 32.3 Å². The number of hydrogen-bond acceptors (Lipinski definition) is 0. The van der Waals surface area contributed by atoms with Gasteiger partial charge in [-0.3, -0.25) is 0 Å². The maximum atomic E-state index is 2.48. The first-order chi connectivity index (χ1) is 35.6. The van der Waals surface area contributed by atoms with E-state index in [1.165, 1.54) is 132 Å². The zero-order valence-corrected chi connectivity index (χ0v) is 42.6. The highest BCUT2D eigenvalue weighted by Gasteiger charge is 2.36. The predicted molar refractivity (Wildman–Crippen MR) is 313 cm³/mol. The molecule has 11 aromatic carbocycles. The van der Waals surface area contributed by atoms with Gasteiger partial charge in [0.25, 0.3) is 0 Å². The Labute approximate surface area is 430 Å². The molecule has 0 nitrogen and oxygen atoms in total. The lowest BCUT2D eigenvalue weighted by molar-refractivity contribution is 0.660. The molecule has 0 radical (unpaired) electrons. The van der Waals surface area contributed by atoms with Gasteiger partial charge in [-0.2, -0.15) is 0 Å². The third-order valence-electron chi connectivity index (χ3n) is 16.6. The summed E-state index contributed by atoms with van der Waals surface area (Å²) in [6.07, 6.45) is 0. The van der Waals surface area contributed by atoms with E-state index in [0.29, 0.717) is 5.92 Å². The Morgan fingerprint density at radius 2 is 0.575 bits per heavy atom. The number of hydrogen-bond donors (Lipinski definition) is 0. The Kier molecular flexibility index (Phi) is 10.5. The summed E-state index contributed by atoms with van der Waals surface area (Å²) in [5.74, 6) is 0.438. The smallest absolute Gasteiger partial charge is 0.0159 e. The Morgan fingerprint density at radius 3 is 1.07 bits per heavy atom. The molecule has 0 aromatic heterocycles. The molecule has 350 valence electrons. The van der Waals surface area contributed by atoms with Crippen molar-refractivity contribution in [2.24, 2.45) is 0 Å². The van der Waals surface area contributed by atoms with Gasteiger partial charge < -0.3 is 0 Å². The van der Waals surface area contributed by atoms with Crippen LogP contribution in [-0.2, 0) is 10.8 Å². The molecule has 2 aliphatic carbocycles. The third-order valence-corrected chi connectivity index (χ3v) is 16.6. The standard InChI is InChI=1S/C73H58/c1-46(2)52-21-7-8-22-53(52)47-34-36-49(37-35-47)71-64-29-13-11-27-62(64)70(63-28-12-14-30-65(63)71)48-20-19-31-54(50-39-42-60-58-25-15-17-32-66(58)72(3,4)68(60)44-50)56-23-9-10-24-57(56)55(41-38-48)51-40-43-61-59-26-16-18-33-67(59)73(5,6)69(61)45-51/h7-46H,1-6H3. The van der Waals surface area contributed by atoms with Crippen molar-refractivity contribution in [2.75, 3.05) is 0 Å². The predicted octanol–water partition coefficient (Wildman–Crippen LogP) is 20.3. The molecule has 2 aliphatic rings. The average Bonchev–Trinajstić information content (AvgIpc) is 3.80. The van der Waals surface area contributed by atoms with Gasteiger partial charge in [-0.1, -0.05) is 266 Å². The topological polar surface area (TPSA) is 0 Å². The Morgan fingerprint density at radius 1 is 0.247 bits per heavy atom. The highest BCUT2D eigenvalue weighted by Crippen LogP contribution is 2.52. The molecule has 0 heterocycles. The fraction of sp³-hybridized carbons (Fsp3) is 0.123. The normalized spacial score (nSPS) is 13.7. The highest BCUT2D eigenvalue weighted by atomic mass is 14.4. The van der Waals surface area contributed by atoms with Gasteiger partial charge in [0.05, 0.1) is 0 Å². The van der Waals surface area contributed by atoms with Crippen molar-refractivity contribution in [3.8, 4) is 77.9 Å². The van der Waals surface area contributed by atoms with E-state index in [-0.39, 0.29) is 10.8 Å². The van der Waals surface area contributed by atoms with Crippen LogP contribution in [0.2, 0.25) is 0 Å². The Balaban J connectivity index is 1.07. The molecule has 0 atom stereocenters. The van der Waals surface area contributed by atoms with E-state index in [0.717, 1.165) is 5.56 Å². The largest absolute Gasteiger partial charge is 0.0619 e. The van der Waals surface area contributed by atoms with Crippen LogP contribution in [0.5, 0.6) is 0 Å². The second kappa shape index (κ2) is 17.2. The van der Waals surface area contributed by atoms with Crippen LogP contribution in [0, 0.1) is 0 Å². The van der Waals surface area contributed by atoms with Gasteiger partial charge in [0.2, 0.25) is 0 Å². The summed E-state index contributed by atoms with van der Waals surface area (Å²) in [6.45, 7) is 14.1. The molecule has 0 amide bonds. The molecule has 0 unspecified atom stereocenters. The second-order valence-corrected chi connectivity index (χ2v) is 21.7. The minimum Gasteiger partial charge on any atom is -0.0619 e. The van der Waals surface area contributed by atoms with E-state index in [9.17, 15) is 0 Å². The maximum Gasteiger partial charge on any atom is 0.0159 e. The van der Waals surface area contributed by atoms with Crippen molar-refractivity contribution in [1.29, 1.82) is 0 Å². The molecule has 73 heavy (non-hydrogen) atoms. The quantitative estimate of drug-likeness (QED) is 0.146. The monoisotopic (exact) mass is 934 g/mol. The van der Waals surface area contributed by atoms with Crippen LogP contribution in [-0.4, -0.2) is 0 Å². The molecule has 0 aliphatic heterocycles. The molecule has 0 spiro atoms. The number of benzene rings is 10. The molecule has 13 rings (SSSR count). The molecule has 0 N–H and O–H groups in total. The van der Waals surface area contributed by atoms with Gasteiger partial charge in [-0.25, -0.2) is 0 Å². The van der Waals surface area contributed by atoms with Crippen molar-refractivity contribution < 1.29 is 0 Å². The van der Waals surface area contributed by atoms with E-state index in [1.54, 1.807) is 0 Å². The fourth-order valence-electron chi connectivity index (χ4n) is 12.9. The summed E-state index contributed by atoms with van der Waals surface area (Å²) in [6, 6.07) is 89.4. The second-order valence-electron chi connectivity index (χ2n) is 21.7. The molecule has 0 saturated heterocycles. The van der Waals surface area contributed by atoms with Crippen molar-refractivity contribution in [2.45, 2.75) is 58.3 Å². The van der Waals surface area contributed by atoms with Crippen LogP contribution in [0.1, 0.15) is 75.3 Å². The first kappa shape index (κ1) is 44.6. The van der Waals surface area contributed by atoms with Crippen LogP contribution < -0.4 is 0 Å². The van der Waals surface area contributed by atoms with E-state index in [2.05, 4.69) is 278 Å². The molecular formula is C73H58. The summed E-state index contributed by atoms with van der Waals surface area (Å²) in [5.41, 5.74) is 24.2. The lowest BCUT2D eigenvalue weighted by Crippen LogP contribution is -2.14. The van der Waals surface area contributed by atoms with Crippen LogP contribution >= 0.6 is 0 Å². The molecular weight excluding hydrogens is 877 g/mol. The molecule has 11 aromatic rings. The average molecular weight is 935 g/mol. The van der Waals surface area contributed by atoms with Gasteiger partial charge in [-0.05, 0) is 156 Å². The van der Waals surface area contributed by atoms with Crippen molar-refractivity contribution in [3.05, 3.63) is 264 Å². The third kappa shape index (κ3) is 7.10. The molecule has 0 fully saturated rings. The minimum absolute atomic E-state index is 0.126. The summed E-state index contributed by atoms with van der Waals surface area (Å²) in [4.78, 5) is 0. The van der Waals surface area contributed by atoms with Crippen LogP contribution in [0.3, 0.4) is 0 Å². The number of fused-ring (bicyclic) bond motifs is 9. The van der Waals surface area contributed by atoms with Gasteiger partial charge in [0.1, 0.15) is 0 Å². The van der Waals surface area contributed by atoms with Crippen LogP contribution in [0.15, 0.2) is 237 Å². The number of rotatable bonds is 6. The SMILES string of the molecule is CC(C)c1ccccc1-c1ccc(-c2c3ccccc3c(-c3cccc(-c4ccc5c(c4)C(C)(C)c4ccccc4-5)c4ccccc4c(-c4ccc5c(c4)C(C)(C)c4ccccc4-5)cc3)c3ccccc23)cc1. The summed E-state index contributed by atoms with van der Waals surface area (Å²) >= 11 is 0. The summed E-state index contributed by atoms with van der Waals surface area (Å²) in [5, 5.41) is 7.37. The lowest BCUT2D eigenvalue weighted by Gasteiger charge is -2.22.